The topological polar surface area (TPSA) is 56.7 Å². The summed E-state index contributed by atoms with van der Waals surface area (Å²) in [6.07, 6.45) is 2.63. The van der Waals surface area contributed by atoms with Gasteiger partial charge in [-0.2, -0.15) is 0 Å². The zero-order valence-electron chi connectivity index (χ0n) is 9.36. The summed E-state index contributed by atoms with van der Waals surface area (Å²) in [5.74, 6) is 1.66. The van der Waals surface area contributed by atoms with Crippen molar-refractivity contribution >= 4 is 16.9 Å². The lowest BCUT2D eigenvalue weighted by Crippen LogP contribution is -2.02. The Kier molecular flexibility index (Phi) is 2.34. The molecule has 2 aromatic heterocycles. The second-order valence-corrected chi connectivity index (χ2v) is 4.30. The number of nitrogens with two attached hydrogens (primary N) is 1. The predicted molar refractivity (Wildman–Crippen MR) is 61.5 cm³/mol. The van der Waals surface area contributed by atoms with Gasteiger partial charge in [-0.15, -0.1) is 0 Å². The number of imidazole rings is 1. The van der Waals surface area contributed by atoms with Gasteiger partial charge in [0, 0.05) is 13.5 Å². The summed E-state index contributed by atoms with van der Waals surface area (Å²) in [6.45, 7) is 4.36. The van der Waals surface area contributed by atoms with Crippen molar-refractivity contribution in [1.82, 2.24) is 14.5 Å². The quantitative estimate of drug-likeness (QED) is 0.810. The second-order valence-electron chi connectivity index (χ2n) is 4.30. The first kappa shape index (κ1) is 9.96. The van der Waals surface area contributed by atoms with E-state index in [4.69, 9.17) is 5.73 Å². The minimum absolute atomic E-state index is 0.595. The normalized spacial score (nSPS) is 11.5. The number of nitrogen functional groups attached to an aromatic ring is 1. The van der Waals surface area contributed by atoms with E-state index in [1.54, 1.807) is 6.20 Å². The summed E-state index contributed by atoms with van der Waals surface area (Å²) in [6, 6.07) is 1.87. The Morgan fingerprint density at radius 3 is 2.87 bits per heavy atom. The Hall–Kier alpha value is -1.58. The van der Waals surface area contributed by atoms with Gasteiger partial charge >= 0.3 is 0 Å². The number of hydrogen-bond donors (Lipinski definition) is 1. The third-order valence-corrected chi connectivity index (χ3v) is 2.41. The summed E-state index contributed by atoms with van der Waals surface area (Å²) in [4.78, 5) is 8.82. The van der Waals surface area contributed by atoms with Gasteiger partial charge in [-0.1, -0.05) is 13.8 Å². The highest BCUT2D eigenvalue weighted by Gasteiger charge is 2.09. The van der Waals surface area contributed by atoms with Gasteiger partial charge in [0.25, 0.3) is 0 Å². The van der Waals surface area contributed by atoms with Crippen LogP contribution in [-0.4, -0.2) is 14.5 Å². The Morgan fingerprint density at radius 1 is 1.47 bits per heavy atom. The number of aromatic nitrogens is 3. The van der Waals surface area contributed by atoms with Crippen LogP contribution >= 0.6 is 0 Å². The van der Waals surface area contributed by atoms with Gasteiger partial charge in [0.1, 0.15) is 11.3 Å². The Bertz CT molecular complexity index is 485. The molecule has 0 aliphatic rings. The van der Waals surface area contributed by atoms with Crippen molar-refractivity contribution in [3.8, 4) is 0 Å². The first-order chi connectivity index (χ1) is 7.08. The molecule has 2 aromatic rings. The van der Waals surface area contributed by atoms with Crippen LogP contribution in [0.5, 0.6) is 0 Å². The third-order valence-electron chi connectivity index (χ3n) is 2.41. The molecule has 0 radical (unpaired) electrons. The average molecular weight is 204 g/mol. The SMILES string of the molecule is CC(C)Cc1nc2cc(N)cnc2n1C. The molecule has 15 heavy (non-hydrogen) atoms. The molecule has 2 N–H and O–H groups in total. The summed E-state index contributed by atoms with van der Waals surface area (Å²) in [5.41, 5.74) is 8.12. The van der Waals surface area contributed by atoms with Gasteiger partial charge in [-0.25, -0.2) is 9.97 Å². The molecular formula is C11H16N4. The molecule has 0 saturated carbocycles. The van der Waals surface area contributed by atoms with Crippen LogP contribution in [0.2, 0.25) is 0 Å². The first-order valence-electron chi connectivity index (χ1n) is 5.14. The molecule has 0 spiro atoms. The molecule has 0 saturated heterocycles. The van der Waals surface area contributed by atoms with Crippen molar-refractivity contribution in [2.45, 2.75) is 20.3 Å². The monoisotopic (exact) mass is 204 g/mol. The Balaban J connectivity index is 2.54. The fraction of sp³-hybridized carbons (Fsp3) is 0.455. The molecule has 80 valence electrons. The molecule has 0 atom stereocenters. The minimum Gasteiger partial charge on any atom is -0.397 e. The molecular weight excluding hydrogens is 188 g/mol. The van der Waals surface area contributed by atoms with Crippen LogP contribution in [0.1, 0.15) is 19.7 Å². The number of anilines is 1. The Labute approximate surface area is 89.1 Å². The van der Waals surface area contributed by atoms with Crippen molar-refractivity contribution in [3.05, 3.63) is 18.1 Å². The molecule has 0 fully saturated rings. The second kappa shape index (κ2) is 3.53. The number of nitrogens with zero attached hydrogens (tertiary/aromatic N) is 3. The van der Waals surface area contributed by atoms with Gasteiger partial charge in [0.2, 0.25) is 0 Å². The predicted octanol–water partition coefficient (Wildman–Crippen LogP) is 1.75. The van der Waals surface area contributed by atoms with Gasteiger partial charge in [-0.3, -0.25) is 0 Å². The molecule has 4 nitrogen and oxygen atoms in total. The summed E-state index contributed by atoms with van der Waals surface area (Å²) >= 11 is 0. The maximum Gasteiger partial charge on any atom is 0.159 e. The van der Waals surface area contributed by atoms with Gasteiger partial charge in [-0.05, 0) is 12.0 Å². The van der Waals surface area contributed by atoms with Crippen molar-refractivity contribution < 1.29 is 0 Å². The van der Waals surface area contributed by atoms with E-state index in [0.29, 0.717) is 11.6 Å². The number of fused-ring (bicyclic) bond motifs is 1. The van der Waals surface area contributed by atoms with Crippen LogP contribution in [0, 0.1) is 5.92 Å². The van der Waals surface area contributed by atoms with Gasteiger partial charge in [0.15, 0.2) is 5.65 Å². The average Bonchev–Trinajstić information content (AvgIpc) is 2.42. The lowest BCUT2D eigenvalue weighted by atomic mass is 10.1. The molecule has 0 aliphatic heterocycles. The van der Waals surface area contributed by atoms with Crippen LogP contribution in [0.15, 0.2) is 12.3 Å². The largest absolute Gasteiger partial charge is 0.397 e. The third kappa shape index (κ3) is 1.79. The maximum absolute atomic E-state index is 5.67. The highest BCUT2D eigenvalue weighted by Crippen LogP contribution is 2.16. The van der Waals surface area contributed by atoms with Crippen molar-refractivity contribution in [2.75, 3.05) is 5.73 Å². The van der Waals surface area contributed by atoms with E-state index in [1.165, 1.54) is 0 Å². The van der Waals surface area contributed by atoms with Crippen LogP contribution < -0.4 is 5.73 Å². The van der Waals surface area contributed by atoms with E-state index in [0.717, 1.165) is 23.4 Å². The summed E-state index contributed by atoms with van der Waals surface area (Å²) < 4.78 is 2.04. The molecule has 0 unspecified atom stereocenters. The summed E-state index contributed by atoms with van der Waals surface area (Å²) in [7, 11) is 2.00. The molecule has 0 aromatic carbocycles. The fourth-order valence-electron chi connectivity index (χ4n) is 1.69. The van der Waals surface area contributed by atoms with E-state index in [-0.39, 0.29) is 0 Å². The molecule has 0 amide bonds. The van der Waals surface area contributed by atoms with Gasteiger partial charge < -0.3 is 10.3 Å². The molecule has 0 bridgehead atoms. The maximum atomic E-state index is 5.67. The minimum atomic E-state index is 0.595. The first-order valence-corrected chi connectivity index (χ1v) is 5.14. The standard InChI is InChI=1S/C11H16N4/c1-7(2)4-10-14-9-5-8(12)6-13-11(9)15(10)3/h5-7H,4,12H2,1-3H3. The van der Waals surface area contributed by atoms with E-state index in [2.05, 4.69) is 23.8 Å². The van der Waals surface area contributed by atoms with Crippen LogP contribution in [-0.2, 0) is 13.5 Å². The van der Waals surface area contributed by atoms with E-state index in [1.807, 2.05) is 17.7 Å². The van der Waals surface area contributed by atoms with Crippen molar-refractivity contribution in [3.63, 3.8) is 0 Å². The highest BCUT2D eigenvalue weighted by atomic mass is 15.1. The number of hydrogen-bond acceptors (Lipinski definition) is 3. The number of rotatable bonds is 2. The molecule has 0 aliphatic carbocycles. The van der Waals surface area contributed by atoms with E-state index >= 15 is 0 Å². The van der Waals surface area contributed by atoms with Crippen molar-refractivity contribution in [1.29, 1.82) is 0 Å². The lowest BCUT2D eigenvalue weighted by Gasteiger charge is -2.03. The van der Waals surface area contributed by atoms with Crippen LogP contribution in [0.3, 0.4) is 0 Å². The summed E-state index contributed by atoms with van der Waals surface area (Å²) in [5, 5.41) is 0. The van der Waals surface area contributed by atoms with E-state index in [9.17, 15) is 0 Å². The molecule has 2 heterocycles. The smallest absolute Gasteiger partial charge is 0.159 e. The zero-order chi connectivity index (χ0) is 11.0. The van der Waals surface area contributed by atoms with Crippen LogP contribution in [0.25, 0.3) is 11.2 Å². The molecule has 2 rings (SSSR count). The van der Waals surface area contributed by atoms with Crippen LogP contribution in [0.4, 0.5) is 5.69 Å². The van der Waals surface area contributed by atoms with Gasteiger partial charge in [0.05, 0.1) is 11.9 Å². The highest BCUT2D eigenvalue weighted by molar-refractivity contribution is 5.74. The van der Waals surface area contributed by atoms with Crippen molar-refractivity contribution in [2.24, 2.45) is 13.0 Å². The Morgan fingerprint density at radius 2 is 2.20 bits per heavy atom. The number of pyridine rings is 1. The lowest BCUT2D eigenvalue weighted by molar-refractivity contribution is 0.605. The zero-order valence-corrected chi connectivity index (χ0v) is 9.36. The fourth-order valence-corrected chi connectivity index (χ4v) is 1.69. The van der Waals surface area contributed by atoms with E-state index < -0.39 is 0 Å². The molecule has 4 heteroatoms. The number of aryl methyl sites for hydroxylation is 1.